The van der Waals surface area contributed by atoms with Crippen LogP contribution in [0, 0.1) is 12.8 Å². The molecule has 2 aromatic carbocycles. The summed E-state index contributed by atoms with van der Waals surface area (Å²) in [6.07, 6.45) is -3.74. The SMILES string of the molecule is Cc1ccc(C2=NO[C@H](CN(Cc3ccc(C(F)(F)F)cc3)C(=O)CC(C)C)C2)cc1. The lowest BCUT2D eigenvalue weighted by molar-refractivity contribution is -0.138. The van der Waals surface area contributed by atoms with Gasteiger partial charge >= 0.3 is 6.18 Å². The zero-order valence-corrected chi connectivity index (χ0v) is 17.9. The van der Waals surface area contributed by atoms with Crippen LogP contribution < -0.4 is 0 Å². The molecule has 0 spiro atoms. The van der Waals surface area contributed by atoms with Gasteiger partial charge < -0.3 is 9.74 Å². The lowest BCUT2D eigenvalue weighted by Crippen LogP contribution is -2.37. The van der Waals surface area contributed by atoms with E-state index in [9.17, 15) is 18.0 Å². The molecule has 0 unspecified atom stereocenters. The molecule has 1 aliphatic rings. The standard InChI is InChI=1S/C24H27F3N2O2/c1-16(2)12-23(30)29(14-18-6-10-20(11-7-18)24(25,26)27)15-21-13-22(28-31-21)19-8-4-17(3)5-9-19/h4-11,16,21H,12-15H2,1-3H3/t21-/m0/s1. The van der Waals surface area contributed by atoms with Gasteiger partial charge in [-0.05, 0) is 36.1 Å². The molecule has 1 heterocycles. The summed E-state index contributed by atoms with van der Waals surface area (Å²) in [5.41, 5.74) is 2.91. The number of hydrogen-bond acceptors (Lipinski definition) is 3. The molecule has 1 amide bonds. The molecule has 2 aromatic rings. The van der Waals surface area contributed by atoms with Crippen LogP contribution in [0.5, 0.6) is 0 Å². The Morgan fingerprint density at radius 1 is 1.13 bits per heavy atom. The average Bonchev–Trinajstić information content (AvgIpc) is 3.16. The molecule has 4 nitrogen and oxygen atoms in total. The predicted octanol–water partition coefficient (Wildman–Crippen LogP) is 5.58. The average molecular weight is 432 g/mol. The number of amides is 1. The van der Waals surface area contributed by atoms with Gasteiger partial charge in [0.25, 0.3) is 0 Å². The molecule has 31 heavy (non-hydrogen) atoms. The molecule has 0 aromatic heterocycles. The lowest BCUT2D eigenvalue weighted by atomic mass is 10.0. The Morgan fingerprint density at radius 3 is 2.35 bits per heavy atom. The van der Waals surface area contributed by atoms with Crippen molar-refractivity contribution < 1.29 is 22.8 Å². The fourth-order valence-corrected chi connectivity index (χ4v) is 3.44. The first-order chi connectivity index (χ1) is 14.6. The van der Waals surface area contributed by atoms with Crippen molar-refractivity contribution in [3.63, 3.8) is 0 Å². The molecule has 0 radical (unpaired) electrons. The zero-order valence-electron chi connectivity index (χ0n) is 17.9. The van der Waals surface area contributed by atoms with Gasteiger partial charge in [-0.25, -0.2) is 0 Å². The van der Waals surface area contributed by atoms with E-state index < -0.39 is 11.7 Å². The van der Waals surface area contributed by atoms with E-state index in [1.54, 1.807) is 4.90 Å². The second-order valence-corrected chi connectivity index (χ2v) is 8.40. The Kier molecular flexibility index (Phi) is 7.03. The van der Waals surface area contributed by atoms with Gasteiger partial charge in [0.05, 0.1) is 17.8 Å². The number of alkyl halides is 3. The first-order valence-electron chi connectivity index (χ1n) is 10.4. The van der Waals surface area contributed by atoms with Gasteiger partial charge in [-0.1, -0.05) is 61.0 Å². The topological polar surface area (TPSA) is 41.9 Å². The minimum atomic E-state index is -4.38. The highest BCUT2D eigenvalue weighted by molar-refractivity contribution is 6.01. The molecular formula is C24H27F3N2O2. The monoisotopic (exact) mass is 432 g/mol. The fourth-order valence-electron chi connectivity index (χ4n) is 3.44. The van der Waals surface area contributed by atoms with Crippen molar-refractivity contribution in [2.45, 2.75) is 52.4 Å². The maximum absolute atomic E-state index is 12.8. The summed E-state index contributed by atoms with van der Waals surface area (Å²) in [5, 5.41) is 4.19. The Balaban J connectivity index is 1.68. The van der Waals surface area contributed by atoms with Crippen LogP contribution >= 0.6 is 0 Å². The Bertz CT molecular complexity index is 919. The number of rotatable bonds is 7. The van der Waals surface area contributed by atoms with Crippen LogP contribution in [0.3, 0.4) is 0 Å². The Morgan fingerprint density at radius 2 is 1.77 bits per heavy atom. The Labute approximate surface area is 180 Å². The summed E-state index contributed by atoms with van der Waals surface area (Å²) in [7, 11) is 0. The van der Waals surface area contributed by atoms with Crippen molar-refractivity contribution in [2.24, 2.45) is 11.1 Å². The largest absolute Gasteiger partial charge is 0.416 e. The molecule has 0 N–H and O–H groups in total. The van der Waals surface area contributed by atoms with Gasteiger partial charge in [-0.3, -0.25) is 4.79 Å². The molecule has 1 atom stereocenters. The summed E-state index contributed by atoms with van der Waals surface area (Å²) < 4.78 is 38.5. The molecular weight excluding hydrogens is 405 g/mol. The van der Waals surface area contributed by atoms with Crippen molar-refractivity contribution in [2.75, 3.05) is 6.54 Å². The van der Waals surface area contributed by atoms with E-state index in [4.69, 9.17) is 4.84 Å². The first-order valence-corrected chi connectivity index (χ1v) is 10.4. The van der Waals surface area contributed by atoms with E-state index in [1.807, 2.05) is 45.0 Å². The normalized spacial score (nSPS) is 16.2. The summed E-state index contributed by atoms with van der Waals surface area (Å²) in [4.78, 5) is 20.1. The zero-order chi connectivity index (χ0) is 22.6. The van der Waals surface area contributed by atoms with Gasteiger partial charge in [-0.15, -0.1) is 0 Å². The highest BCUT2D eigenvalue weighted by Crippen LogP contribution is 2.29. The second-order valence-electron chi connectivity index (χ2n) is 8.40. The molecule has 3 rings (SSSR count). The van der Waals surface area contributed by atoms with Crippen molar-refractivity contribution in [1.82, 2.24) is 4.90 Å². The van der Waals surface area contributed by atoms with Gasteiger partial charge in [0.2, 0.25) is 5.91 Å². The number of aryl methyl sites for hydroxylation is 1. The summed E-state index contributed by atoms with van der Waals surface area (Å²) in [6.45, 7) is 6.48. The molecule has 0 saturated heterocycles. The van der Waals surface area contributed by atoms with Crippen LogP contribution in [0.15, 0.2) is 53.7 Å². The van der Waals surface area contributed by atoms with Gasteiger partial charge in [0, 0.05) is 19.4 Å². The van der Waals surface area contributed by atoms with Crippen LogP contribution in [0.25, 0.3) is 0 Å². The third-order valence-corrected chi connectivity index (χ3v) is 5.13. The number of carbonyl (C=O) groups excluding carboxylic acids is 1. The minimum Gasteiger partial charge on any atom is -0.390 e. The van der Waals surface area contributed by atoms with Crippen LogP contribution in [-0.2, 0) is 22.4 Å². The number of hydrogen-bond donors (Lipinski definition) is 0. The predicted molar refractivity (Wildman–Crippen MR) is 114 cm³/mol. The van der Waals surface area contributed by atoms with Crippen molar-refractivity contribution in [3.05, 3.63) is 70.8 Å². The van der Waals surface area contributed by atoms with Crippen molar-refractivity contribution >= 4 is 11.6 Å². The summed E-state index contributed by atoms with van der Waals surface area (Å²) in [5.74, 6) is 0.119. The molecule has 166 valence electrons. The highest BCUT2D eigenvalue weighted by atomic mass is 19.4. The smallest absolute Gasteiger partial charge is 0.390 e. The van der Waals surface area contributed by atoms with E-state index in [0.29, 0.717) is 24.9 Å². The number of oxime groups is 1. The van der Waals surface area contributed by atoms with Gasteiger partial charge in [0.1, 0.15) is 0 Å². The summed E-state index contributed by atoms with van der Waals surface area (Å²) >= 11 is 0. The second kappa shape index (κ2) is 9.54. The van der Waals surface area contributed by atoms with E-state index in [0.717, 1.165) is 29.0 Å². The van der Waals surface area contributed by atoms with E-state index in [2.05, 4.69) is 5.16 Å². The minimum absolute atomic E-state index is 0.0534. The van der Waals surface area contributed by atoms with E-state index in [1.165, 1.54) is 12.1 Å². The third kappa shape index (κ3) is 6.32. The number of halogens is 3. The first kappa shape index (κ1) is 22.8. The van der Waals surface area contributed by atoms with E-state index >= 15 is 0 Å². The van der Waals surface area contributed by atoms with Crippen LogP contribution in [0.4, 0.5) is 13.2 Å². The molecule has 1 aliphatic heterocycles. The summed E-state index contributed by atoms with van der Waals surface area (Å²) in [6, 6.07) is 12.9. The van der Waals surface area contributed by atoms with Crippen LogP contribution in [-0.4, -0.2) is 29.2 Å². The van der Waals surface area contributed by atoms with Crippen molar-refractivity contribution in [3.8, 4) is 0 Å². The third-order valence-electron chi connectivity index (χ3n) is 5.13. The maximum Gasteiger partial charge on any atom is 0.416 e. The lowest BCUT2D eigenvalue weighted by Gasteiger charge is -2.26. The van der Waals surface area contributed by atoms with Crippen LogP contribution in [0.1, 0.15) is 48.9 Å². The molecule has 0 aliphatic carbocycles. The molecule has 0 fully saturated rings. The molecule has 0 saturated carbocycles. The number of benzene rings is 2. The number of carbonyl (C=O) groups is 1. The van der Waals surface area contributed by atoms with Gasteiger partial charge in [0.15, 0.2) is 6.10 Å². The quantitative estimate of drug-likeness (QED) is 0.573. The maximum atomic E-state index is 12.8. The molecule has 0 bridgehead atoms. The van der Waals surface area contributed by atoms with Gasteiger partial charge in [-0.2, -0.15) is 13.2 Å². The fraction of sp³-hybridized carbons (Fsp3) is 0.417. The highest BCUT2D eigenvalue weighted by Gasteiger charge is 2.30. The molecule has 7 heteroatoms. The van der Waals surface area contributed by atoms with Crippen LogP contribution in [0.2, 0.25) is 0 Å². The number of nitrogens with zero attached hydrogens (tertiary/aromatic N) is 2. The van der Waals surface area contributed by atoms with E-state index in [-0.39, 0.29) is 24.5 Å². The Hall–Kier alpha value is -2.83. The van der Waals surface area contributed by atoms with Crippen molar-refractivity contribution in [1.29, 1.82) is 0 Å².